The second-order valence-corrected chi connectivity index (χ2v) is 6.97. The van der Waals surface area contributed by atoms with Crippen molar-refractivity contribution in [1.82, 2.24) is 10.6 Å². The molecule has 0 rings (SSSR count). The van der Waals surface area contributed by atoms with Crippen molar-refractivity contribution < 1.29 is 23.9 Å². The molecule has 0 saturated carbocycles. The summed E-state index contributed by atoms with van der Waals surface area (Å²) in [4.78, 5) is 33.8. The van der Waals surface area contributed by atoms with Gasteiger partial charge in [-0.3, -0.25) is 0 Å². The van der Waals surface area contributed by atoms with Gasteiger partial charge < -0.3 is 24.9 Å². The average molecular weight is 316 g/mol. The first-order valence-electron chi connectivity index (χ1n) is 7.33. The predicted octanol–water partition coefficient (Wildman–Crippen LogP) is 2.38. The van der Waals surface area contributed by atoms with Gasteiger partial charge in [0.1, 0.15) is 17.5 Å². The molecule has 0 radical (unpaired) electrons. The molecule has 0 aromatic carbocycles. The summed E-state index contributed by atoms with van der Waals surface area (Å²) in [5.74, 6) is 0. The largest absolute Gasteiger partial charge is 0.444 e. The van der Waals surface area contributed by atoms with Crippen LogP contribution in [-0.4, -0.2) is 42.3 Å². The Kier molecular flexibility index (Phi) is 7.90. The van der Waals surface area contributed by atoms with Crippen LogP contribution in [0.15, 0.2) is 0 Å². The Balaban J connectivity index is 4.42. The van der Waals surface area contributed by atoms with E-state index >= 15 is 0 Å². The third-order valence-electron chi connectivity index (χ3n) is 2.25. The zero-order valence-electron chi connectivity index (χ0n) is 14.3. The fourth-order valence-corrected chi connectivity index (χ4v) is 1.49. The molecule has 0 saturated heterocycles. The Morgan fingerprint density at radius 3 is 1.95 bits per heavy atom. The van der Waals surface area contributed by atoms with E-state index in [9.17, 15) is 14.4 Å². The van der Waals surface area contributed by atoms with Crippen LogP contribution in [0.3, 0.4) is 0 Å². The summed E-state index contributed by atoms with van der Waals surface area (Å²) in [6.45, 7) is 10.7. The number of ether oxygens (including phenoxy) is 2. The molecule has 128 valence electrons. The number of nitrogens with one attached hydrogen (secondary N) is 2. The van der Waals surface area contributed by atoms with Gasteiger partial charge in [-0.05, 0) is 48.0 Å². The van der Waals surface area contributed by atoms with E-state index in [0.29, 0.717) is 6.42 Å². The lowest BCUT2D eigenvalue weighted by Crippen LogP contribution is -2.46. The third kappa shape index (κ3) is 12.0. The molecule has 2 amide bonds. The van der Waals surface area contributed by atoms with Gasteiger partial charge in [0.05, 0.1) is 6.04 Å². The number of carbonyl (C=O) groups excluding carboxylic acids is 3. The zero-order valence-corrected chi connectivity index (χ0v) is 14.3. The molecule has 1 atom stereocenters. The lowest BCUT2D eigenvalue weighted by Gasteiger charge is -2.24. The van der Waals surface area contributed by atoms with Gasteiger partial charge in [-0.1, -0.05) is 0 Å². The highest BCUT2D eigenvalue weighted by molar-refractivity contribution is 5.69. The standard InChI is InChI=1S/C15H28N2O5/c1-14(2,3)21-12(19)16-10-11(8-7-9-18)17-13(20)22-15(4,5)6/h9,11H,7-8,10H2,1-6H3,(H,16,19)(H,17,20)/t11-/m0/s1. The molecule has 7 nitrogen and oxygen atoms in total. The van der Waals surface area contributed by atoms with E-state index < -0.39 is 29.4 Å². The number of carbonyl (C=O) groups is 3. The van der Waals surface area contributed by atoms with Crippen LogP contribution < -0.4 is 10.6 Å². The van der Waals surface area contributed by atoms with Gasteiger partial charge in [0, 0.05) is 13.0 Å². The highest BCUT2D eigenvalue weighted by Crippen LogP contribution is 2.08. The van der Waals surface area contributed by atoms with E-state index in [4.69, 9.17) is 9.47 Å². The third-order valence-corrected chi connectivity index (χ3v) is 2.25. The molecule has 0 fully saturated rings. The van der Waals surface area contributed by atoms with Crippen LogP contribution in [0, 0.1) is 0 Å². The van der Waals surface area contributed by atoms with Crippen molar-refractivity contribution in [3.8, 4) is 0 Å². The molecule has 0 heterocycles. The van der Waals surface area contributed by atoms with Gasteiger partial charge in [0.2, 0.25) is 0 Å². The number of alkyl carbamates (subject to hydrolysis) is 2. The second-order valence-electron chi connectivity index (χ2n) is 6.97. The SMILES string of the molecule is CC(C)(C)OC(=O)NC[C@H](CCC=O)NC(=O)OC(C)(C)C. The van der Waals surface area contributed by atoms with Gasteiger partial charge in [0.15, 0.2) is 0 Å². The fourth-order valence-electron chi connectivity index (χ4n) is 1.49. The first kappa shape index (κ1) is 20.2. The van der Waals surface area contributed by atoms with Crippen LogP contribution in [0.2, 0.25) is 0 Å². The van der Waals surface area contributed by atoms with Crippen LogP contribution in [0.5, 0.6) is 0 Å². The van der Waals surface area contributed by atoms with Crippen LogP contribution >= 0.6 is 0 Å². The van der Waals surface area contributed by atoms with E-state index in [2.05, 4.69) is 10.6 Å². The summed E-state index contributed by atoms with van der Waals surface area (Å²) in [7, 11) is 0. The summed E-state index contributed by atoms with van der Waals surface area (Å²) in [6, 6.07) is -0.410. The minimum atomic E-state index is -0.613. The predicted molar refractivity (Wildman–Crippen MR) is 82.7 cm³/mol. The molecular weight excluding hydrogens is 288 g/mol. The lowest BCUT2D eigenvalue weighted by atomic mass is 10.1. The van der Waals surface area contributed by atoms with Crippen molar-refractivity contribution in [3.63, 3.8) is 0 Å². The number of hydrogen-bond acceptors (Lipinski definition) is 5. The minimum Gasteiger partial charge on any atom is -0.444 e. The van der Waals surface area contributed by atoms with Crippen molar-refractivity contribution in [1.29, 1.82) is 0 Å². The highest BCUT2D eigenvalue weighted by atomic mass is 16.6. The Bertz CT molecular complexity index is 382. The van der Waals surface area contributed by atoms with E-state index in [-0.39, 0.29) is 13.0 Å². The van der Waals surface area contributed by atoms with Crippen molar-refractivity contribution in [2.75, 3.05) is 6.54 Å². The first-order valence-corrected chi connectivity index (χ1v) is 7.33. The molecule has 0 aromatic rings. The zero-order chi connectivity index (χ0) is 17.4. The molecule has 0 aliphatic carbocycles. The van der Waals surface area contributed by atoms with Crippen LogP contribution in [0.1, 0.15) is 54.4 Å². The molecule has 0 bridgehead atoms. The molecular formula is C15H28N2O5. The van der Waals surface area contributed by atoms with E-state index in [1.807, 2.05) is 0 Å². The van der Waals surface area contributed by atoms with Crippen LogP contribution in [0.25, 0.3) is 0 Å². The lowest BCUT2D eigenvalue weighted by molar-refractivity contribution is -0.108. The maximum atomic E-state index is 11.7. The molecule has 0 spiro atoms. The van der Waals surface area contributed by atoms with E-state index in [1.54, 1.807) is 41.5 Å². The second kappa shape index (κ2) is 8.60. The molecule has 2 N–H and O–H groups in total. The Labute approximate surface area is 132 Å². The summed E-state index contributed by atoms with van der Waals surface area (Å²) in [5, 5.41) is 5.21. The number of hydrogen-bond donors (Lipinski definition) is 2. The Morgan fingerprint density at radius 2 is 1.50 bits per heavy atom. The van der Waals surface area contributed by atoms with Crippen molar-refractivity contribution in [3.05, 3.63) is 0 Å². The van der Waals surface area contributed by atoms with Crippen LogP contribution in [-0.2, 0) is 14.3 Å². The number of rotatable bonds is 6. The van der Waals surface area contributed by atoms with Gasteiger partial charge in [-0.15, -0.1) is 0 Å². The minimum absolute atomic E-state index is 0.155. The molecule has 0 aromatic heterocycles. The highest BCUT2D eigenvalue weighted by Gasteiger charge is 2.21. The average Bonchev–Trinajstić information content (AvgIpc) is 2.28. The van der Waals surface area contributed by atoms with E-state index in [0.717, 1.165) is 6.29 Å². The summed E-state index contributed by atoms with van der Waals surface area (Å²) in [5.41, 5.74) is -1.21. The molecule has 0 aliphatic heterocycles. The molecule has 7 heteroatoms. The molecule has 0 aliphatic rings. The number of amides is 2. The van der Waals surface area contributed by atoms with Gasteiger partial charge in [-0.25, -0.2) is 9.59 Å². The topological polar surface area (TPSA) is 93.7 Å². The number of aldehydes is 1. The Hall–Kier alpha value is -1.79. The van der Waals surface area contributed by atoms with Crippen molar-refractivity contribution in [2.45, 2.75) is 71.6 Å². The first-order chi connectivity index (χ1) is 9.93. The quantitative estimate of drug-likeness (QED) is 0.734. The van der Waals surface area contributed by atoms with Gasteiger partial charge in [0.25, 0.3) is 0 Å². The smallest absolute Gasteiger partial charge is 0.407 e. The van der Waals surface area contributed by atoms with Gasteiger partial charge >= 0.3 is 12.2 Å². The summed E-state index contributed by atoms with van der Waals surface area (Å²) < 4.78 is 10.3. The summed E-state index contributed by atoms with van der Waals surface area (Å²) in [6.07, 6.45) is 0.274. The van der Waals surface area contributed by atoms with E-state index in [1.165, 1.54) is 0 Å². The van der Waals surface area contributed by atoms with Gasteiger partial charge in [-0.2, -0.15) is 0 Å². The maximum Gasteiger partial charge on any atom is 0.407 e. The maximum absolute atomic E-state index is 11.7. The molecule has 0 unspecified atom stereocenters. The van der Waals surface area contributed by atoms with Crippen molar-refractivity contribution >= 4 is 18.5 Å². The normalized spacial score (nSPS) is 13.0. The fraction of sp³-hybridized carbons (Fsp3) is 0.800. The Morgan fingerprint density at radius 1 is 1.00 bits per heavy atom. The molecule has 22 heavy (non-hydrogen) atoms. The van der Waals surface area contributed by atoms with Crippen LogP contribution in [0.4, 0.5) is 9.59 Å². The summed E-state index contributed by atoms with van der Waals surface area (Å²) >= 11 is 0. The monoisotopic (exact) mass is 316 g/mol. The van der Waals surface area contributed by atoms with Crippen molar-refractivity contribution in [2.24, 2.45) is 0 Å².